The highest BCUT2D eigenvalue weighted by molar-refractivity contribution is 5.80. The van der Waals surface area contributed by atoms with Crippen LogP contribution < -0.4 is 15.4 Å². The topological polar surface area (TPSA) is 69.2 Å². The molecule has 0 aromatic heterocycles. The molecule has 0 spiro atoms. The third-order valence-corrected chi connectivity index (χ3v) is 5.18. The summed E-state index contributed by atoms with van der Waals surface area (Å²) in [7, 11) is 1.82. The van der Waals surface area contributed by atoms with E-state index in [9.17, 15) is 4.79 Å². The summed E-state index contributed by atoms with van der Waals surface area (Å²) in [5.74, 6) is 1.95. The van der Waals surface area contributed by atoms with Gasteiger partial charge in [-0.05, 0) is 31.4 Å². The van der Waals surface area contributed by atoms with E-state index in [0.29, 0.717) is 19.1 Å². The second kappa shape index (κ2) is 10.3. The molecule has 1 aromatic rings. The van der Waals surface area contributed by atoms with Crippen LogP contribution in [0.5, 0.6) is 5.75 Å². The number of aliphatic imine (C=N–C) groups is 1. The number of hydrogen-bond acceptors (Lipinski definition) is 4. The number of carbonyl (C=O) groups is 1. The molecule has 0 bridgehead atoms. The summed E-state index contributed by atoms with van der Waals surface area (Å²) in [6.45, 7) is 6.82. The lowest BCUT2D eigenvalue weighted by atomic mass is 10.2. The van der Waals surface area contributed by atoms with Gasteiger partial charge in [-0.15, -0.1) is 0 Å². The van der Waals surface area contributed by atoms with E-state index in [4.69, 9.17) is 4.74 Å². The van der Waals surface area contributed by atoms with Crippen molar-refractivity contribution in [1.82, 2.24) is 20.4 Å². The highest BCUT2D eigenvalue weighted by Gasteiger charge is 2.26. The van der Waals surface area contributed by atoms with E-state index >= 15 is 0 Å². The first kappa shape index (κ1) is 20.5. The van der Waals surface area contributed by atoms with Gasteiger partial charge in [0.1, 0.15) is 11.9 Å². The smallest absolute Gasteiger partial charge is 0.234 e. The van der Waals surface area contributed by atoms with E-state index in [1.807, 2.05) is 37.4 Å². The first-order valence-electron chi connectivity index (χ1n) is 10.4. The normalized spacial score (nSPS) is 19.2. The number of guanidine groups is 1. The molecule has 1 aliphatic heterocycles. The fourth-order valence-corrected chi connectivity index (χ4v) is 3.32. The Bertz CT molecular complexity index is 639. The van der Waals surface area contributed by atoms with Crippen molar-refractivity contribution < 1.29 is 9.53 Å². The number of rotatable bonds is 8. The number of para-hydroxylation sites is 1. The maximum absolute atomic E-state index is 12.0. The zero-order valence-corrected chi connectivity index (χ0v) is 17.1. The van der Waals surface area contributed by atoms with Gasteiger partial charge in [-0.3, -0.25) is 14.7 Å². The summed E-state index contributed by atoms with van der Waals surface area (Å²) in [6.07, 6.45) is 3.28. The molecule has 2 aliphatic rings. The van der Waals surface area contributed by atoms with E-state index < -0.39 is 0 Å². The average molecular weight is 388 g/mol. The van der Waals surface area contributed by atoms with Crippen LogP contribution in [0.15, 0.2) is 35.3 Å². The van der Waals surface area contributed by atoms with Crippen LogP contribution in [-0.2, 0) is 4.79 Å². The minimum absolute atomic E-state index is 0.0894. The maximum Gasteiger partial charge on any atom is 0.234 e. The monoisotopic (exact) mass is 387 g/mol. The fraction of sp³-hybridized carbons (Fsp3) is 0.619. The van der Waals surface area contributed by atoms with Gasteiger partial charge in [0.15, 0.2) is 5.96 Å². The van der Waals surface area contributed by atoms with E-state index in [0.717, 1.165) is 57.2 Å². The maximum atomic E-state index is 12.0. The number of carbonyl (C=O) groups excluding carboxylic acids is 1. The molecule has 1 saturated carbocycles. The highest BCUT2D eigenvalue weighted by atomic mass is 16.5. The standard InChI is InChI=1S/C21H33N5O2/c1-3-18(28-19-7-5-4-6-8-19)15-23-21(22-2)26-13-11-25(12-14-26)16-20(27)24-17-9-10-17/h4-8,17-18H,3,9-16H2,1-2H3,(H,22,23)(H,24,27). The first-order valence-corrected chi connectivity index (χ1v) is 10.4. The van der Waals surface area contributed by atoms with Gasteiger partial charge >= 0.3 is 0 Å². The molecular weight excluding hydrogens is 354 g/mol. The number of hydrogen-bond donors (Lipinski definition) is 2. The van der Waals surface area contributed by atoms with Crippen LogP contribution >= 0.6 is 0 Å². The Morgan fingerprint density at radius 1 is 1.21 bits per heavy atom. The number of amides is 1. The second-order valence-corrected chi connectivity index (χ2v) is 7.49. The molecule has 1 unspecified atom stereocenters. The van der Waals surface area contributed by atoms with Crippen molar-refractivity contribution in [3.63, 3.8) is 0 Å². The number of nitrogens with one attached hydrogen (secondary N) is 2. The van der Waals surface area contributed by atoms with Crippen molar-refractivity contribution in [3.8, 4) is 5.75 Å². The molecule has 1 atom stereocenters. The van der Waals surface area contributed by atoms with Crippen LogP contribution in [0.4, 0.5) is 0 Å². The molecular formula is C21H33N5O2. The van der Waals surface area contributed by atoms with Crippen LogP contribution in [0.25, 0.3) is 0 Å². The molecule has 2 N–H and O–H groups in total. The van der Waals surface area contributed by atoms with Crippen LogP contribution in [0, 0.1) is 0 Å². The first-order chi connectivity index (χ1) is 13.7. The Hall–Kier alpha value is -2.28. The predicted octanol–water partition coefficient (Wildman–Crippen LogP) is 1.32. The fourth-order valence-electron chi connectivity index (χ4n) is 3.32. The summed E-state index contributed by atoms with van der Waals surface area (Å²) in [6, 6.07) is 10.4. The molecule has 0 radical (unpaired) electrons. The summed E-state index contributed by atoms with van der Waals surface area (Å²) >= 11 is 0. The number of piperazine rings is 1. The van der Waals surface area contributed by atoms with Gasteiger partial charge < -0.3 is 20.3 Å². The van der Waals surface area contributed by atoms with Gasteiger partial charge in [-0.2, -0.15) is 0 Å². The van der Waals surface area contributed by atoms with Gasteiger partial charge in [0.2, 0.25) is 5.91 Å². The molecule has 1 heterocycles. The minimum atomic E-state index is 0.0894. The zero-order valence-electron chi connectivity index (χ0n) is 17.1. The summed E-state index contributed by atoms with van der Waals surface area (Å²) in [5.41, 5.74) is 0. The summed E-state index contributed by atoms with van der Waals surface area (Å²) < 4.78 is 6.05. The molecule has 1 aliphatic carbocycles. The molecule has 2 fully saturated rings. The lowest BCUT2D eigenvalue weighted by Crippen LogP contribution is -2.54. The van der Waals surface area contributed by atoms with Crippen molar-refractivity contribution >= 4 is 11.9 Å². The molecule has 1 aromatic carbocycles. The minimum Gasteiger partial charge on any atom is -0.489 e. The van der Waals surface area contributed by atoms with E-state index in [1.165, 1.54) is 0 Å². The molecule has 1 saturated heterocycles. The highest BCUT2D eigenvalue weighted by Crippen LogP contribution is 2.18. The van der Waals surface area contributed by atoms with Crippen molar-refractivity contribution in [2.24, 2.45) is 4.99 Å². The molecule has 1 amide bonds. The Balaban J connectivity index is 1.40. The molecule has 3 rings (SSSR count). The van der Waals surface area contributed by atoms with Gasteiger partial charge in [-0.25, -0.2) is 0 Å². The molecule has 28 heavy (non-hydrogen) atoms. The SMILES string of the molecule is CCC(CNC(=NC)N1CCN(CC(=O)NC2CC2)CC1)Oc1ccccc1. The molecule has 154 valence electrons. The van der Waals surface area contributed by atoms with Gasteiger partial charge in [0, 0.05) is 39.3 Å². The lowest BCUT2D eigenvalue weighted by molar-refractivity contribution is -0.122. The van der Waals surface area contributed by atoms with Gasteiger partial charge in [0.05, 0.1) is 13.1 Å². The predicted molar refractivity (Wildman–Crippen MR) is 112 cm³/mol. The Morgan fingerprint density at radius 3 is 2.54 bits per heavy atom. The van der Waals surface area contributed by atoms with Gasteiger partial charge in [-0.1, -0.05) is 25.1 Å². The van der Waals surface area contributed by atoms with Crippen LogP contribution in [-0.4, -0.2) is 80.1 Å². The van der Waals surface area contributed by atoms with Gasteiger partial charge in [0.25, 0.3) is 0 Å². The molecule has 7 heteroatoms. The van der Waals surface area contributed by atoms with E-state index in [2.05, 4.69) is 32.3 Å². The Kier molecular flexibility index (Phi) is 7.54. The summed E-state index contributed by atoms with van der Waals surface area (Å²) in [5, 5.41) is 6.51. The van der Waals surface area contributed by atoms with E-state index in [1.54, 1.807) is 0 Å². The van der Waals surface area contributed by atoms with Crippen molar-refractivity contribution in [1.29, 1.82) is 0 Å². The van der Waals surface area contributed by atoms with Crippen molar-refractivity contribution in [3.05, 3.63) is 30.3 Å². The largest absolute Gasteiger partial charge is 0.489 e. The van der Waals surface area contributed by atoms with Crippen LogP contribution in [0.2, 0.25) is 0 Å². The quantitative estimate of drug-likeness (QED) is 0.520. The van der Waals surface area contributed by atoms with Crippen LogP contribution in [0.3, 0.4) is 0 Å². The average Bonchev–Trinajstić information content (AvgIpc) is 3.53. The third kappa shape index (κ3) is 6.41. The van der Waals surface area contributed by atoms with Crippen molar-refractivity contribution in [2.75, 3.05) is 46.3 Å². The zero-order chi connectivity index (χ0) is 19.8. The van der Waals surface area contributed by atoms with E-state index in [-0.39, 0.29) is 12.0 Å². The lowest BCUT2D eigenvalue weighted by Gasteiger charge is -2.36. The number of ether oxygens (including phenoxy) is 1. The number of benzene rings is 1. The second-order valence-electron chi connectivity index (χ2n) is 7.49. The third-order valence-electron chi connectivity index (χ3n) is 5.18. The number of nitrogens with zero attached hydrogens (tertiary/aromatic N) is 3. The molecule has 7 nitrogen and oxygen atoms in total. The van der Waals surface area contributed by atoms with Crippen molar-refractivity contribution in [2.45, 2.75) is 38.3 Å². The Labute approximate surface area is 168 Å². The Morgan fingerprint density at radius 2 is 1.93 bits per heavy atom. The summed E-state index contributed by atoms with van der Waals surface area (Å²) in [4.78, 5) is 20.9. The van der Waals surface area contributed by atoms with Crippen LogP contribution in [0.1, 0.15) is 26.2 Å².